The van der Waals surface area contributed by atoms with E-state index in [9.17, 15) is 0 Å². The minimum atomic E-state index is 0.630. The number of oxime groups is 1. The third-order valence-corrected chi connectivity index (χ3v) is 5.02. The highest BCUT2D eigenvalue weighted by Gasteiger charge is 2.53. The van der Waals surface area contributed by atoms with Gasteiger partial charge in [0, 0.05) is 11.8 Å². The van der Waals surface area contributed by atoms with Gasteiger partial charge in [0.05, 0.1) is 5.71 Å². The lowest BCUT2D eigenvalue weighted by molar-refractivity contribution is 0.00974. The van der Waals surface area contributed by atoms with Crippen LogP contribution in [0, 0.1) is 23.2 Å². The predicted octanol–water partition coefficient (Wildman–Crippen LogP) is 3.05. The first-order chi connectivity index (χ1) is 6.76. The number of hydrogen-bond acceptors (Lipinski definition) is 2. The summed E-state index contributed by atoms with van der Waals surface area (Å²) < 4.78 is 0. The molecule has 4 aliphatic carbocycles. The van der Waals surface area contributed by atoms with Crippen LogP contribution in [0.2, 0.25) is 0 Å². The quantitative estimate of drug-likeness (QED) is 0.504. The molecule has 0 aliphatic heterocycles. The van der Waals surface area contributed by atoms with Crippen LogP contribution in [0.25, 0.3) is 0 Å². The van der Waals surface area contributed by atoms with Gasteiger partial charge in [-0.15, -0.1) is 0 Å². The SMILES string of the molecule is CCC12CC3CC(C1)C(=NO)C(C3)C2. The monoisotopic (exact) mass is 193 g/mol. The summed E-state index contributed by atoms with van der Waals surface area (Å²) in [6, 6.07) is 0. The van der Waals surface area contributed by atoms with Crippen molar-refractivity contribution in [3.8, 4) is 0 Å². The third-order valence-electron chi connectivity index (χ3n) is 5.02. The Morgan fingerprint density at radius 3 is 2.43 bits per heavy atom. The molecule has 2 nitrogen and oxygen atoms in total. The molecule has 2 unspecified atom stereocenters. The number of rotatable bonds is 1. The fraction of sp³-hybridized carbons (Fsp3) is 0.917. The van der Waals surface area contributed by atoms with E-state index in [1.165, 1.54) is 38.5 Å². The van der Waals surface area contributed by atoms with Crippen LogP contribution in [0.4, 0.5) is 0 Å². The highest BCUT2D eigenvalue weighted by Crippen LogP contribution is 2.60. The van der Waals surface area contributed by atoms with Crippen LogP contribution < -0.4 is 0 Å². The van der Waals surface area contributed by atoms with Crippen molar-refractivity contribution in [3.63, 3.8) is 0 Å². The van der Waals surface area contributed by atoms with Gasteiger partial charge in [0.1, 0.15) is 0 Å². The first-order valence-electron chi connectivity index (χ1n) is 5.98. The summed E-state index contributed by atoms with van der Waals surface area (Å²) in [5, 5.41) is 12.6. The zero-order chi connectivity index (χ0) is 9.76. The van der Waals surface area contributed by atoms with Gasteiger partial charge in [-0.3, -0.25) is 0 Å². The zero-order valence-electron chi connectivity index (χ0n) is 8.87. The molecule has 0 heterocycles. The minimum absolute atomic E-state index is 0.630. The van der Waals surface area contributed by atoms with Crippen molar-refractivity contribution >= 4 is 5.71 Å². The molecule has 0 saturated heterocycles. The molecule has 0 aromatic rings. The van der Waals surface area contributed by atoms with E-state index >= 15 is 0 Å². The molecule has 14 heavy (non-hydrogen) atoms. The van der Waals surface area contributed by atoms with Gasteiger partial charge in [0.25, 0.3) is 0 Å². The Kier molecular flexibility index (Phi) is 1.71. The lowest BCUT2D eigenvalue weighted by Crippen LogP contribution is -2.51. The van der Waals surface area contributed by atoms with E-state index in [1.54, 1.807) is 0 Å². The van der Waals surface area contributed by atoms with Gasteiger partial charge in [-0.05, 0) is 43.4 Å². The van der Waals surface area contributed by atoms with E-state index in [4.69, 9.17) is 5.21 Å². The molecule has 4 bridgehead atoms. The molecule has 0 aromatic heterocycles. The summed E-state index contributed by atoms with van der Waals surface area (Å²) >= 11 is 0. The van der Waals surface area contributed by atoms with Crippen molar-refractivity contribution < 1.29 is 5.21 Å². The second-order valence-electron chi connectivity index (χ2n) is 5.72. The molecule has 78 valence electrons. The van der Waals surface area contributed by atoms with Crippen LogP contribution >= 0.6 is 0 Å². The van der Waals surface area contributed by atoms with Crippen LogP contribution in [-0.2, 0) is 0 Å². The van der Waals surface area contributed by atoms with Gasteiger partial charge in [-0.2, -0.15) is 0 Å². The van der Waals surface area contributed by atoms with Crippen LogP contribution in [0.1, 0.15) is 45.4 Å². The summed E-state index contributed by atoms with van der Waals surface area (Å²) in [6.07, 6.45) is 7.99. The van der Waals surface area contributed by atoms with Crippen molar-refractivity contribution in [2.45, 2.75) is 45.4 Å². The molecule has 0 aromatic carbocycles. The highest BCUT2D eigenvalue weighted by atomic mass is 16.4. The molecular formula is C12H19NO. The van der Waals surface area contributed by atoms with Gasteiger partial charge in [0.2, 0.25) is 0 Å². The molecule has 4 rings (SSSR count). The van der Waals surface area contributed by atoms with Crippen LogP contribution in [0.15, 0.2) is 5.16 Å². The molecule has 4 saturated carbocycles. The van der Waals surface area contributed by atoms with Gasteiger partial charge < -0.3 is 5.21 Å². The smallest absolute Gasteiger partial charge is 0.0633 e. The second-order valence-corrected chi connectivity index (χ2v) is 5.72. The van der Waals surface area contributed by atoms with E-state index in [2.05, 4.69) is 12.1 Å². The predicted molar refractivity (Wildman–Crippen MR) is 55.5 cm³/mol. The number of nitrogens with zero attached hydrogens (tertiary/aromatic N) is 1. The Hall–Kier alpha value is -0.530. The van der Waals surface area contributed by atoms with E-state index in [-0.39, 0.29) is 0 Å². The highest BCUT2D eigenvalue weighted by molar-refractivity contribution is 5.90. The summed E-state index contributed by atoms with van der Waals surface area (Å²) in [4.78, 5) is 0. The Morgan fingerprint density at radius 1 is 1.29 bits per heavy atom. The van der Waals surface area contributed by atoms with Crippen LogP contribution in [-0.4, -0.2) is 10.9 Å². The molecule has 0 amide bonds. The maximum Gasteiger partial charge on any atom is 0.0633 e. The second kappa shape index (κ2) is 2.74. The Labute approximate surface area is 85.4 Å². The number of hydrogen-bond donors (Lipinski definition) is 1. The molecule has 2 atom stereocenters. The summed E-state index contributed by atoms with van der Waals surface area (Å²) in [5.41, 5.74) is 1.77. The lowest BCUT2D eigenvalue weighted by atomic mass is 9.48. The van der Waals surface area contributed by atoms with Crippen LogP contribution in [0.3, 0.4) is 0 Å². The largest absolute Gasteiger partial charge is 0.411 e. The van der Waals surface area contributed by atoms with E-state index in [0.29, 0.717) is 17.3 Å². The molecule has 2 heteroatoms. The molecule has 4 aliphatic rings. The summed E-state index contributed by atoms with van der Waals surface area (Å²) in [5.74, 6) is 2.20. The van der Waals surface area contributed by atoms with Gasteiger partial charge in [-0.1, -0.05) is 18.5 Å². The topological polar surface area (TPSA) is 32.6 Å². The first-order valence-corrected chi connectivity index (χ1v) is 5.98. The van der Waals surface area contributed by atoms with Gasteiger partial charge >= 0.3 is 0 Å². The Morgan fingerprint density at radius 2 is 1.93 bits per heavy atom. The Balaban J connectivity index is 1.95. The van der Waals surface area contributed by atoms with E-state index in [0.717, 1.165) is 11.6 Å². The lowest BCUT2D eigenvalue weighted by Gasteiger charge is -2.56. The van der Waals surface area contributed by atoms with Gasteiger partial charge in [0.15, 0.2) is 0 Å². The van der Waals surface area contributed by atoms with Crippen molar-refractivity contribution in [2.75, 3.05) is 0 Å². The fourth-order valence-electron chi connectivity index (χ4n) is 4.52. The van der Waals surface area contributed by atoms with Crippen molar-refractivity contribution in [1.29, 1.82) is 0 Å². The third kappa shape index (κ3) is 0.999. The summed E-state index contributed by atoms with van der Waals surface area (Å²) in [7, 11) is 0. The van der Waals surface area contributed by atoms with Crippen molar-refractivity contribution in [3.05, 3.63) is 0 Å². The maximum atomic E-state index is 9.04. The normalized spacial score (nSPS) is 49.8. The van der Waals surface area contributed by atoms with Crippen molar-refractivity contribution in [1.82, 2.24) is 0 Å². The standard InChI is InChI=1S/C12H19NO/c1-2-12-5-8-3-9(6-12)11(13-14)10(4-8)7-12/h8-10,14H,2-7H2,1H3. The molecule has 0 spiro atoms. The minimum Gasteiger partial charge on any atom is -0.411 e. The van der Waals surface area contributed by atoms with E-state index < -0.39 is 0 Å². The first kappa shape index (κ1) is 8.75. The van der Waals surface area contributed by atoms with Gasteiger partial charge in [-0.25, -0.2) is 0 Å². The fourth-order valence-corrected chi connectivity index (χ4v) is 4.52. The molecular weight excluding hydrogens is 174 g/mol. The average molecular weight is 193 g/mol. The summed E-state index contributed by atoms with van der Waals surface area (Å²) in [6.45, 7) is 2.34. The molecule has 1 N–H and O–H groups in total. The zero-order valence-corrected chi connectivity index (χ0v) is 8.87. The molecule has 0 radical (unpaired) electrons. The molecule has 4 fully saturated rings. The Bertz CT molecular complexity index is 266. The van der Waals surface area contributed by atoms with E-state index in [1.807, 2.05) is 0 Å². The maximum absolute atomic E-state index is 9.04. The van der Waals surface area contributed by atoms with Crippen molar-refractivity contribution in [2.24, 2.45) is 28.3 Å². The van der Waals surface area contributed by atoms with Crippen LogP contribution in [0.5, 0.6) is 0 Å². The average Bonchev–Trinajstić information content (AvgIpc) is 2.17.